The van der Waals surface area contributed by atoms with E-state index in [4.69, 9.17) is 11.6 Å². The molecule has 0 unspecified atom stereocenters. The Kier molecular flexibility index (Phi) is 4.56. The van der Waals surface area contributed by atoms with Gasteiger partial charge in [-0.2, -0.15) is 5.10 Å². The number of benzene rings is 1. The molecule has 6 heteroatoms. The number of hydrogen-bond acceptors (Lipinski definition) is 3. The zero-order valence-corrected chi connectivity index (χ0v) is 13.2. The van der Waals surface area contributed by atoms with Crippen LogP contribution in [0.4, 0.5) is 0 Å². The van der Waals surface area contributed by atoms with Crippen LogP contribution in [0, 0.1) is 0 Å². The highest BCUT2D eigenvalue weighted by Crippen LogP contribution is 2.25. The third-order valence-electron chi connectivity index (χ3n) is 3.26. The second kappa shape index (κ2) is 6.77. The monoisotopic (exact) mass is 331 g/mol. The maximum atomic E-state index is 12.3. The van der Waals surface area contributed by atoms with Crippen LogP contribution in [0.2, 0.25) is 5.02 Å². The normalized spacial score (nSPS) is 10.6. The summed E-state index contributed by atoms with van der Waals surface area (Å²) >= 11 is 7.42. The third kappa shape index (κ3) is 3.37. The maximum Gasteiger partial charge on any atom is 0.255 e. The van der Waals surface area contributed by atoms with Crippen LogP contribution in [-0.2, 0) is 6.42 Å². The number of H-pyrrole nitrogens is 1. The highest BCUT2D eigenvalue weighted by molar-refractivity contribution is 7.13. The summed E-state index contributed by atoms with van der Waals surface area (Å²) in [5.41, 5.74) is 2.47. The van der Waals surface area contributed by atoms with Gasteiger partial charge in [-0.1, -0.05) is 29.8 Å². The average molecular weight is 332 g/mol. The number of nitrogens with one attached hydrogen (secondary N) is 2. The van der Waals surface area contributed by atoms with Crippen LogP contribution in [-0.4, -0.2) is 22.6 Å². The summed E-state index contributed by atoms with van der Waals surface area (Å²) in [7, 11) is 0. The number of carbonyl (C=O) groups excluding carboxylic acids is 1. The summed E-state index contributed by atoms with van der Waals surface area (Å²) in [5, 5.41) is 12.5. The van der Waals surface area contributed by atoms with Crippen molar-refractivity contribution in [1.82, 2.24) is 15.5 Å². The van der Waals surface area contributed by atoms with Gasteiger partial charge in [0, 0.05) is 11.6 Å². The zero-order valence-electron chi connectivity index (χ0n) is 11.7. The van der Waals surface area contributed by atoms with Gasteiger partial charge in [0.1, 0.15) is 0 Å². The zero-order chi connectivity index (χ0) is 15.4. The van der Waals surface area contributed by atoms with Gasteiger partial charge in [0.2, 0.25) is 0 Å². The van der Waals surface area contributed by atoms with Crippen molar-refractivity contribution in [2.24, 2.45) is 0 Å². The number of aromatic amines is 1. The van der Waals surface area contributed by atoms with Crippen molar-refractivity contribution in [1.29, 1.82) is 0 Å². The van der Waals surface area contributed by atoms with Crippen molar-refractivity contribution < 1.29 is 4.79 Å². The Morgan fingerprint density at radius 3 is 2.82 bits per heavy atom. The van der Waals surface area contributed by atoms with Crippen LogP contribution in [0.25, 0.3) is 10.6 Å². The Morgan fingerprint density at radius 1 is 1.27 bits per heavy atom. The Morgan fingerprint density at radius 2 is 2.09 bits per heavy atom. The molecular formula is C16H14ClN3OS. The lowest BCUT2D eigenvalue weighted by Crippen LogP contribution is -2.25. The Labute approximate surface area is 137 Å². The molecule has 0 bridgehead atoms. The molecule has 0 saturated heterocycles. The number of hydrogen-bond donors (Lipinski definition) is 2. The molecule has 0 spiro atoms. The van der Waals surface area contributed by atoms with Crippen molar-refractivity contribution in [3.63, 3.8) is 0 Å². The molecule has 0 atom stereocenters. The maximum absolute atomic E-state index is 12.3. The molecule has 22 heavy (non-hydrogen) atoms. The highest BCUT2D eigenvalue weighted by atomic mass is 35.5. The Balaban J connectivity index is 1.61. The fraction of sp³-hybridized carbons (Fsp3) is 0.125. The SMILES string of the molecule is O=C(NCCc1ccc(Cl)cc1)c1cn[nH]c1-c1cccs1. The lowest BCUT2D eigenvalue weighted by molar-refractivity contribution is 0.0955. The van der Waals surface area contributed by atoms with Crippen molar-refractivity contribution >= 4 is 28.8 Å². The van der Waals surface area contributed by atoms with Crippen molar-refractivity contribution in [3.05, 3.63) is 64.1 Å². The summed E-state index contributed by atoms with van der Waals surface area (Å²) in [4.78, 5) is 13.3. The third-order valence-corrected chi connectivity index (χ3v) is 4.40. The van der Waals surface area contributed by atoms with Gasteiger partial charge in [-0.05, 0) is 35.6 Å². The van der Waals surface area contributed by atoms with E-state index in [9.17, 15) is 4.79 Å². The second-order valence-electron chi connectivity index (χ2n) is 4.77. The largest absolute Gasteiger partial charge is 0.352 e. The Hall–Kier alpha value is -2.11. The van der Waals surface area contributed by atoms with Gasteiger partial charge in [0.25, 0.3) is 5.91 Å². The number of rotatable bonds is 5. The first kappa shape index (κ1) is 14.8. The molecule has 2 heterocycles. The lowest BCUT2D eigenvalue weighted by atomic mass is 10.1. The van der Waals surface area contributed by atoms with Crippen LogP contribution >= 0.6 is 22.9 Å². The van der Waals surface area contributed by atoms with Gasteiger partial charge < -0.3 is 5.32 Å². The molecule has 0 radical (unpaired) electrons. The molecule has 3 aromatic rings. The first-order chi connectivity index (χ1) is 10.7. The Bertz CT molecular complexity index is 750. The fourth-order valence-corrected chi connectivity index (χ4v) is 2.99. The van der Waals surface area contributed by atoms with Crippen LogP contribution in [0.15, 0.2) is 48.0 Å². The number of thiophene rings is 1. The molecule has 0 saturated carbocycles. The van der Waals surface area contributed by atoms with E-state index in [0.29, 0.717) is 17.1 Å². The van der Waals surface area contributed by atoms with E-state index in [-0.39, 0.29) is 5.91 Å². The molecule has 1 amide bonds. The molecular weight excluding hydrogens is 318 g/mol. The van der Waals surface area contributed by atoms with Crippen molar-refractivity contribution in [3.8, 4) is 10.6 Å². The van der Waals surface area contributed by atoms with E-state index in [2.05, 4.69) is 15.5 Å². The lowest BCUT2D eigenvalue weighted by Gasteiger charge is -2.05. The first-order valence-electron chi connectivity index (χ1n) is 6.84. The summed E-state index contributed by atoms with van der Waals surface area (Å²) in [6.45, 7) is 0.565. The minimum absolute atomic E-state index is 0.119. The number of halogens is 1. The minimum atomic E-state index is -0.119. The van der Waals surface area contributed by atoms with E-state index in [1.807, 2.05) is 41.8 Å². The number of carbonyl (C=O) groups is 1. The quantitative estimate of drug-likeness (QED) is 0.747. The number of aromatic nitrogens is 2. The minimum Gasteiger partial charge on any atom is -0.352 e. The van der Waals surface area contributed by atoms with Gasteiger partial charge in [-0.15, -0.1) is 11.3 Å². The first-order valence-corrected chi connectivity index (χ1v) is 8.09. The average Bonchev–Trinajstić information content (AvgIpc) is 3.19. The van der Waals surface area contributed by atoms with Gasteiger partial charge in [0.15, 0.2) is 0 Å². The van der Waals surface area contributed by atoms with E-state index < -0.39 is 0 Å². The molecule has 0 aliphatic heterocycles. The summed E-state index contributed by atoms with van der Waals surface area (Å²) in [5.74, 6) is -0.119. The van der Waals surface area contributed by atoms with E-state index >= 15 is 0 Å². The summed E-state index contributed by atoms with van der Waals surface area (Å²) in [6, 6.07) is 11.5. The predicted molar refractivity (Wildman–Crippen MR) is 89.4 cm³/mol. The van der Waals surface area contributed by atoms with E-state index in [0.717, 1.165) is 22.6 Å². The highest BCUT2D eigenvalue weighted by Gasteiger charge is 2.15. The molecule has 4 nitrogen and oxygen atoms in total. The summed E-state index contributed by atoms with van der Waals surface area (Å²) in [6.07, 6.45) is 2.32. The molecule has 0 fully saturated rings. The molecule has 2 aromatic heterocycles. The smallest absolute Gasteiger partial charge is 0.255 e. The molecule has 0 aliphatic rings. The standard InChI is InChI=1S/C16H14ClN3OS/c17-12-5-3-11(4-6-12)7-8-18-16(21)13-10-19-20-15(13)14-2-1-9-22-14/h1-6,9-10H,7-8H2,(H,18,21)(H,19,20). The van der Waals surface area contributed by atoms with Gasteiger partial charge in [0.05, 0.1) is 22.3 Å². The van der Waals surface area contributed by atoms with Gasteiger partial charge in [-0.25, -0.2) is 0 Å². The fourth-order valence-electron chi connectivity index (χ4n) is 2.13. The van der Waals surface area contributed by atoms with Gasteiger partial charge >= 0.3 is 0 Å². The van der Waals surface area contributed by atoms with Crippen LogP contribution in [0.1, 0.15) is 15.9 Å². The van der Waals surface area contributed by atoms with Crippen LogP contribution in [0.3, 0.4) is 0 Å². The second-order valence-corrected chi connectivity index (χ2v) is 6.15. The van der Waals surface area contributed by atoms with E-state index in [1.165, 1.54) is 0 Å². The molecule has 2 N–H and O–H groups in total. The van der Waals surface area contributed by atoms with Crippen LogP contribution in [0.5, 0.6) is 0 Å². The van der Waals surface area contributed by atoms with Crippen LogP contribution < -0.4 is 5.32 Å². The van der Waals surface area contributed by atoms with Crippen molar-refractivity contribution in [2.45, 2.75) is 6.42 Å². The van der Waals surface area contributed by atoms with Gasteiger partial charge in [-0.3, -0.25) is 9.89 Å². The van der Waals surface area contributed by atoms with E-state index in [1.54, 1.807) is 17.5 Å². The number of nitrogens with zero attached hydrogens (tertiary/aromatic N) is 1. The topological polar surface area (TPSA) is 57.8 Å². The molecule has 3 rings (SSSR count). The molecule has 0 aliphatic carbocycles. The predicted octanol–water partition coefficient (Wildman–Crippen LogP) is 3.76. The molecule has 112 valence electrons. The van der Waals surface area contributed by atoms with Crippen molar-refractivity contribution in [2.75, 3.05) is 6.54 Å². The number of amides is 1. The summed E-state index contributed by atoms with van der Waals surface area (Å²) < 4.78 is 0. The molecule has 1 aromatic carbocycles.